The normalized spacial score (nSPS) is 10.2. The monoisotopic (exact) mass is 296 g/mol. The van der Waals surface area contributed by atoms with Crippen LogP contribution in [0.2, 0.25) is 5.02 Å². The maximum Gasteiger partial charge on any atom is 0.323 e. The molecule has 6 heteroatoms. The van der Waals surface area contributed by atoms with Crippen LogP contribution in [0.5, 0.6) is 0 Å². The number of benzene rings is 2. The minimum absolute atomic E-state index is 0.0934. The van der Waals surface area contributed by atoms with Crippen LogP contribution in [0.1, 0.15) is 5.56 Å². The topological polar surface area (TPSA) is 41.1 Å². The lowest BCUT2D eigenvalue weighted by molar-refractivity contribution is 0.262. The molecule has 2 amide bonds. The fourth-order valence-corrected chi connectivity index (χ4v) is 1.72. The summed E-state index contributed by atoms with van der Waals surface area (Å²) >= 11 is 5.60. The van der Waals surface area contributed by atoms with E-state index in [0.29, 0.717) is 16.9 Å². The third-order valence-electron chi connectivity index (χ3n) is 2.61. The Morgan fingerprint density at radius 3 is 2.20 bits per heavy atom. The van der Waals surface area contributed by atoms with Crippen molar-refractivity contribution in [2.24, 2.45) is 0 Å². The molecule has 0 unspecified atom stereocenters. The molecule has 2 N–H and O–H groups in total. The summed E-state index contributed by atoms with van der Waals surface area (Å²) in [6.45, 7) is 1.62. The van der Waals surface area contributed by atoms with Crippen LogP contribution in [0.3, 0.4) is 0 Å². The Morgan fingerprint density at radius 2 is 1.60 bits per heavy atom. The molecule has 0 bridgehead atoms. The molecule has 0 aliphatic carbocycles. The number of carbonyl (C=O) groups is 1. The molecule has 0 aromatic heterocycles. The SMILES string of the molecule is Cc1ccc(NC(=O)Nc2ccc(F)c(Cl)c2)cc1F. The Hall–Kier alpha value is -2.14. The van der Waals surface area contributed by atoms with Gasteiger partial charge in [-0.1, -0.05) is 17.7 Å². The lowest BCUT2D eigenvalue weighted by Crippen LogP contribution is -2.19. The lowest BCUT2D eigenvalue weighted by Gasteiger charge is -2.08. The van der Waals surface area contributed by atoms with Gasteiger partial charge in [-0.15, -0.1) is 0 Å². The molecule has 2 rings (SSSR count). The molecule has 0 radical (unpaired) electrons. The van der Waals surface area contributed by atoms with Crippen molar-refractivity contribution < 1.29 is 13.6 Å². The van der Waals surface area contributed by atoms with E-state index in [9.17, 15) is 13.6 Å². The highest BCUT2D eigenvalue weighted by Gasteiger charge is 2.06. The van der Waals surface area contributed by atoms with Crippen LogP contribution in [-0.2, 0) is 0 Å². The van der Waals surface area contributed by atoms with Crippen LogP contribution in [0.4, 0.5) is 25.0 Å². The van der Waals surface area contributed by atoms with Crippen molar-refractivity contribution in [1.29, 1.82) is 0 Å². The number of hydrogen-bond acceptors (Lipinski definition) is 1. The molecular weight excluding hydrogens is 286 g/mol. The summed E-state index contributed by atoms with van der Waals surface area (Å²) in [6, 6.07) is 7.57. The van der Waals surface area contributed by atoms with E-state index >= 15 is 0 Å². The lowest BCUT2D eigenvalue weighted by atomic mass is 10.2. The average molecular weight is 297 g/mol. The molecule has 2 aromatic carbocycles. The van der Waals surface area contributed by atoms with Gasteiger partial charge in [0, 0.05) is 11.4 Å². The van der Waals surface area contributed by atoms with Crippen LogP contribution in [0.25, 0.3) is 0 Å². The van der Waals surface area contributed by atoms with E-state index in [4.69, 9.17) is 11.6 Å². The van der Waals surface area contributed by atoms with Gasteiger partial charge in [0.2, 0.25) is 0 Å². The Kier molecular flexibility index (Phi) is 4.20. The maximum atomic E-state index is 13.3. The summed E-state index contributed by atoms with van der Waals surface area (Å²) in [7, 11) is 0. The van der Waals surface area contributed by atoms with Gasteiger partial charge in [-0.3, -0.25) is 0 Å². The van der Waals surface area contributed by atoms with Gasteiger partial charge in [0.15, 0.2) is 0 Å². The first-order chi connectivity index (χ1) is 9.45. The summed E-state index contributed by atoms with van der Waals surface area (Å²) in [5.74, 6) is -0.981. The van der Waals surface area contributed by atoms with Gasteiger partial charge in [-0.25, -0.2) is 13.6 Å². The second-order valence-corrected chi connectivity index (χ2v) is 4.58. The largest absolute Gasteiger partial charge is 0.323 e. The molecule has 0 aliphatic rings. The van der Waals surface area contributed by atoms with E-state index in [1.165, 1.54) is 18.2 Å². The molecule has 0 spiro atoms. The number of halogens is 3. The van der Waals surface area contributed by atoms with Gasteiger partial charge in [0.25, 0.3) is 0 Å². The van der Waals surface area contributed by atoms with Gasteiger partial charge in [-0.2, -0.15) is 0 Å². The second-order valence-electron chi connectivity index (χ2n) is 4.17. The molecule has 2 aromatic rings. The van der Waals surface area contributed by atoms with Crippen LogP contribution in [0, 0.1) is 18.6 Å². The molecular formula is C14H11ClF2N2O. The van der Waals surface area contributed by atoms with Gasteiger partial charge < -0.3 is 10.6 Å². The van der Waals surface area contributed by atoms with Gasteiger partial charge >= 0.3 is 6.03 Å². The molecule has 0 aliphatic heterocycles. The van der Waals surface area contributed by atoms with Crippen molar-refractivity contribution in [2.75, 3.05) is 10.6 Å². The van der Waals surface area contributed by atoms with Crippen molar-refractivity contribution in [3.63, 3.8) is 0 Å². The summed E-state index contributed by atoms with van der Waals surface area (Å²) in [6.07, 6.45) is 0. The Bertz CT molecular complexity index is 606. The summed E-state index contributed by atoms with van der Waals surface area (Å²) < 4.78 is 26.3. The molecule has 3 nitrogen and oxygen atoms in total. The van der Waals surface area contributed by atoms with E-state index in [1.807, 2.05) is 0 Å². The predicted molar refractivity (Wildman–Crippen MR) is 75.2 cm³/mol. The van der Waals surface area contributed by atoms with E-state index in [0.717, 1.165) is 6.07 Å². The van der Waals surface area contributed by atoms with Crippen LogP contribution in [-0.4, -0.2) is 6.03 Å². The molecule has 0 saturated heterocycles. The fourth-order valence-electron chi connectivity index (χ4n) is 1.54. The Balaban J connectivity index is 2.04. The molecule has 0 fully saturated rings. The first-order valence-corrected chi connectivity index (χ1v) is 6.13. The summed E-state index contributed by atoms with van der Waals surface area (Å²) in [5, 5.41) is 4.84. The first kappa shape index (κ1) is 14.3. The van der Waals surface area contributed by atoms with Gasteiger partial charge in [0.05, 0.1) is 5.02 Å². The first-order valence-electron chi connectivity index (χ1n) is 5.75. The zero-order valence-electron chi connectivity index (χ0n) is 10.5. The van der Waals surface area contributed by atoms with Gasteiger partial charge in [-0.05, 0) is 42.8 Å². The van der Waals surface area contributed by atoms with E-state index in [1.54, 1.807) is 19.1 Å². The van der Waals surface area contributed by atoms with Crippen LogP contribution in [0.15, 0.2) is 36.4 Å². The highest BCUT2D eigenvalue weighted by Crippen LogP contribution is 2.20. The number of carbonyl (C=O) groups excluding carboxylic acids is 1. The Morgan fingerprint density at radius 1 is 1.00 bits per heavy atom. The smallest absolute Gasteiger partial charge is 0.308 e. The summed E-state index contributed by atoms with van der Waals surface area (Å²) in [4.78, 5) is 11.7. The number of nitrogens with one attached hydrogen (secondary N) is 2. The van der Waals surface area contributed by atoms with Crippen LogP contribution < -0.4 is 10.6 Å². The van der Waals surface area contributed by atoms with Crippen molar-refractivity contribution in [2.45, 2.75) is 6.92 Å². The molecule has 0 heterocycles. The molecule has 104 valence electrons. The van der Waals surface area contributed by atoms with Crippen molar-refractivity contribution in [3.05, 3.63) is 58.6 Å². The van der Waals surface area contributed by atoms with Crippen molar-refractivity contribution in [3.8, 4) is 0 Å². The highest BCUT2D eigenvalue weighted by atomic mass is 35.5. The third kappa shape index (κ3) is 3.45. The minimum Gasteiger partial charge on any atom is -0.308 e. The zero-order chi connectivity index (χ0) is 14.7. The number of urea groups is 1. The molecule has 0 saturated carbocycles. The van der Waals surface area contributed by atoms with Crippen molar-refractivity contribution in [1.82, 2.24) is 0 Å². The predicted octanol–water partition coefficient (Wildman–Crippen LogP) is 4.57. The van der Waals surface area contributed by atoms with Crippen molar-refractivity contribution >= 4 is 29.0 Å². The third-order valence-corrected chi connectivity index (χ3v) is 2.90. The fraction of sp³-hybridized carbons (Fsp3) is 0.0714. The number of aryl methyl sites for hydroxylation is 1. The number of hydrogen-bond donors (Lipinski definition) is 2. The van der Waals surface area contributed by atoms with Gasteiger partial charge in [0.1, 0.15) is 11.6 Å². The van der Waals surface area contributed by atoms with E-state index < -0.39 is 17.7 Å². The maximum absolute atomic E-state index is 13.3. The quantitative estimate of drug-likeness (QED) is 0.837. The molecule has 20 heavy (non-hydrogen) atoms. The zero-order valence-corrected chi connectivity index (χ0v) is 11.3. The minimum atomic E-state index is -0.573. The average Bonchev–Trinajstić information content (AvgIpc) is 2.38. The number of rotatable bonds is 2. The number of amides is 2. The number of anilines is 2. The van der Waals surface area contributed by atoms with Crippen LogP contribution >= 0.6 is 11.6 Å². The standard InChI is InChI=1S/C14H11ClF2N2O/c1-8-2-3-10(7-13(8)17)19-14(20)18-9-4-5-12(16)11(15)6-9/h2-7H,1H3,(H2,18,19,20). The highest BCUT2D eigenvalue weighted by molar-refractivity contribution is 6.31. The summed E-state index contributed by atoms with van der Waals surface area (Å²) in [5.41, 5.74) is 1.14. The molecule has 0 atom stereocenters. The van der Waals surface area contributed by atoms with E-state index in [2.05, 4.69) is 10.6 Å². The van der Waals surface area contributed by atoms with E-state index in [-0.39, 0.29) is 5.02 Å². The second kappa shape index (κ2) is 5.88. The Labute approximate surface area is 119 Å².